The largest absolute Gasteiger partial charge is 0.507 e. The lowest BCUT2D eigenvalue weighted by Gasteiger charge is -2.10. The maximum Gasteiger partial charge on any atom is 0.255 e. The smallest absolute Gasteiger partial charge is 0.255 e. The number of phenols is 1. The van der Waals surface area contributed by atoms with Gasteiger partial charge in [0.05, 0.1) is 5.56 Å². The van der Waals surface area contributed by atoms with E-state index in [1.807, 2.05) is 24.3 Å². The number of benzene rings is 2. The first-order valence-electron chi connectivity index (χ1n) is 13.3. The normalized spacial score (nSPS) is 11.2. The lowest BCUT2D eigenvalue weighted by molar-refractivity contribution is 0.0952. The van der Waals surface area contributed by atoms with E-state index in [0.29, 0.717) is 12.1 Å². The second-order valence-corrected chi connectivity index (χ2v) is 10.3. The minimum atomic E-state index is -0.193. The predicted molar refractivity (Wildman–Crippen MR) is 145 cm³/mol. The monoisotopic (exact) mass is 517 g/mol. The molecule has 0 atom stereocenters. The molecule has 2 rings (SSSR count). The highest BCUT2D eigenvalue weighted by molar-refractivity contribution is 9.10. The summed E-state index contributed by atoms with van der Waals surface area (Å²) in [5.41, 5.74) is 0.372. The molecule has 0 fully saturated rings. The van der Waals surface area contributed by atoms with Crippen LogP contribution in [0.3, 0.4) is 0 Å². The maximum atomic E-state index is 12.6. The van der Waals surface area contributed by atoms with Gasteiger partial charge in [-0.3, -0.25) is 4.79 Å². The summed E-state index contributed by atoms with van der Waals surface area (Å²) in [5.74, 6) is -0.157. The number of fused-ring (bicyclic) bond motifs is 1. The highest BCUT2D eigenvalue weighted by Crippen LogP contribution is 2.29. The Morgan fingerprint density at radius 3 is 1.82 bits per heavy atom. The SMILES string of the molecule is CCCCCCCCCCCCCCCCCCNC(=O)c1c(O)ccc2cc(Br)ccc12. The molecule has 0 spiro atoms. The number of carbonyl (C=O) groups is 1. The molecule has 0 unspecified atom stereocenters. The Morgan fingerprint density at radius 2 is 1.27 bits per heavy atom. The minimum Gasteiger partial charge on any atom is -0.507 e. The number of hydrogen-bond acceptors (Lipinski definition) is 2. The van der Waals surface area contributed by atoms with Crippen LogP contribution in [0.15, 0.2) is 34.8 Å². The van der Waals surface area contributed by atoms with Gasteiger partial charge in [-0.15, -0.1) is 0 Å². The van der Waals surface area contributed by atoms with Crippen molar-refractivity contribution >= 4 is 32.6 Å². The van der Waals surface area contributed by atoms with Gasteiger partial charge in [-0.2, -0.15) is 0 Å². The molecule has 184 valence electrons. The molecule has 2 N–H and O–H groups in total. The zero-order chi connectivity index (χ0) is 23.7. The molecule has 2 aromatic carbocycles. The van der Waals surface area contributed by atoms with Crippen LogP contribution < -0.4 is 5.32 Å². The molecule has 2 aromatic rings. The molecule has 0 saturated heterocycles. The molecular weight excluding hydrogens is 474 g/mol. The number of unbranched alkanes of at least 4 members (excludes halogenated alkanes) is 15. The number of hydrogen-bond donors (Lipinski definition) is 2. The number of amides is 1. The van der Waals surface area contributed by atoms with Crippen molar-refractivity contribution < 1.29 is 9.90 Å². The molecule has 4 heteroatoms. The highest BCUT2D eigenvalue weighted by atomic mass is 79.9. The standard InChI is InChI=1S/C29H44BrNO2/c1-2-3-4-5-6-7-8-9-10-11-12-13-14-15-16-17-22-31-29(33)28-26-20-19-25(30)23-24(26)18-21-27(28)32/h18-21,23,32H,2-17,22H2,1H3,(H,31,33). The summed E-state index contributed by atoms with van der Waals surface area (Å²) in [6.45, 7) is 2.93. The fourth-order valence-electron chi connectivity index (χ4n) is 4.49. The van der Waals surface area contributed by atoms with Crippen LogP contribution in [0.2, 0.25) is 0 Å². The summed E-state index contributed by atoms with van der Waals surface area (Å²) >= 11 is 3.46. The zero-order valence-electron chi connectivity index (χ0n) is 20.6. The van der Waals surface area contributed by atoms with Crippen LogP contribution in [0, 0.1) is 0 Å². The van der Waals surface area contributed by atoms with Crippen molar-refractivity contribution in [2.24, 2.45) is 0 Å². The van der Waals surface area contributed by atoms with Gasteiger partial charge in [-0.05, 0) is 35.4 Å². The van der Waals surface area contributed by atoms with E-state index in [2.05, 4.69) is 28.2 Å². The fourth-order valence-corrected chi connectivity index (χ4v) is 4.87. The number of aromatic hydroxyl groups is 1. The first-order chi connectivity index (χ1) is 16.1. The van der Waals surface area contributed by atoms with E-state index in [0.717, 1.165) is 28.1 Å². The number of nitrogens with one attached hydrogen (secondary N) is 1. The van der Waals surface area contributed by atoms with Crippen molar-refractivity contribution in [3.8, 4) is 5.75 Å². The Hall–Kier alpha value is -1.55. The van der Waals surface area contributed by atoms with Crippen LogP contribution in [0.25, 0.3) is 10.8 Å². The van der Waals surface area contributed by atoms with E-state index in [4.69, 9.17) is 0 Å². The van der Waals surface area contributed by atoms with Crippen molar-refractivity contribution in [3.05, 3.63) is 40.4 Å². The highest BCUT2D eigenvalue weighted by Gasteiger charge is 2.15. The molecule has 0 aliphatic rings. The number of halogens is 1. The molecule has 0 aliphatic heterocycles. The Bertz CT molecular complexity index is 821. The van der Waals surface area contributed by atoms with E-state index >= 15 is 0 Å². The average molecular weight is 519 g/mol. The van der Waals surface area contributed by atoms with Crippen molar-refractivity contribution in [3.63, 3.8) is 0 Å². The second kappa shape index (κ2) is 17.0. The Kier molecular flexibility index (Phi) is 14.2. The van der Waals surface area contributed by atoms with Gasteiger partial charge >= 0.3 is 0 Å². The van der Waals surface area contributed by atoms with Crippen LogP contribution >= 0.6 is 15.9 Å². The summed E-state index contributed by atoms with van der Waals surface area (Å²) in [6.07, 6.45) is 21.5. The van der Waals surface area contributed by atoms with E-state index < -0.39 is 0 Å². The molecule has 0 bridgehead atoms. The minimum absolute atomic E-state index is 0.0364. The first kappa shape index (κ1) is 27.7. The van der Waals surface area contributed by atoms with E-state index in [-0.39, 0.29) is 11.7 Å². The van der Waals surface area contributed by atoms with Crippen LogP contribution in [0.5, 0.6) is 5.75 Å². The van der Waals surface area contributed by atoms with Gasteiger partial charge in [0.15, 0.2) is 0 Å². The topological polar surface area (TPSA) is 49.3 Å². The first-order valence-corrected chi connectivity index (χ1v) is 14.1. The average Bonchev–Trinajstić information content (AvgIpc) is 2.81. The fraction of sp³-hybridized carbons (Fsp3) is 0.621. The number of phenolic OH excluding ortho intramolecular Hbond substituents is 1. The number of carbonyl (C=O) groups excluding carboxylic acids is 1. The van der Waals surface area contributed by atoms with Crippen LogP contribution in [0.1, 0.15) is 120 Å². The van der Waals surface area contributed by atoms with Crippen LogP contribution in [-0.2, 0) is 0 Å². The molecule has 0 heterocycles. The molecule has 0 radical (unpaired) electrons. The quantitative estimate of drug-likeness (QED) is 0.193. The van der Waals surface area contributed by atoms with Crippen LogP contribution in [0.4, 0.5) is 0 Å². The van der Waals surface area contributed by atoms with Gasteiger partial charge in [0.1, 0.15) is 5.75 Å². The Labute approximate surface area is 209 Å². The molecule has 33 heavy (non-hydrogen) atoms. The van der Waals surface area contributed by atoms with E-state index in [1.54, 1.807) is 6.07 Å². The summed E-state index contributed by atoms with van der Waals surface area (Å²) in [4.78, 5) is 12.6. The molecule has 0 saturated carbocycles. The Balaban J connectivity index is 1.46. The third kappa shape index (κ3) is 10.9. The van der Waals surface area contributed by atoms with Crippen molar-refractivity contribution in [1.82, 2.24) is 5.32 Å². The number of rotatable bonds is 18. The van der Waals surface area contributed by atoms with Crippen molar-refractivity contribution in [2.45, 2.75) is 110 Å². The third-order valence-corrected chi connectivity index (χ3v) is 7.00. The van der Waals surface area contributed by atoms with Gasteiger partial charge < -0.3 is 10.4 Å². The van der Waals surface area contributed by atoms with Gasteiger partial charge in [-0.1, -0.05) is 131 Å². The summed E-state index contributed by atoms with van der Waals surface area (Å²) in [5, 5.41) is 14.9. The van der Waals surface area contributed by atoms with Gasteiger partial charge in [-0.25, -0.2) is 0 Å². The van der Waals surface area contributed by atoms with Crippen molar-refractivity contribution in [1.29, 1.82) is 0 Å². The molecule has 0 aromatic heterocycles. The predicted octanol–water partition coefficient (Wildman–Crippen LogP) is 9.30. The summed E-state index contributed by atoms with van der Waals surface area (Å²) < 4.78 is 0.959. The lowest BCUT2D eigenvalue weighted by atomic mass is 10.0. The van der Waals surface area contributed by atoms with Gasteiger partial charge in [0.2, 0.25) is 0 Å². The van der Waals surface area contributed by atoms with Gasteiger partial charge in [0.25, 0.3) is 5.91 Å². The molecule has 0 aliphatic carbocycles. The molecule has 3 nitrogen and oxygen atoms in total. The summed E-state index contributed by atoms with van der Waals surface area (Å²) in [7, 11) is 0. The molecular formula is C29H44BrNO2. The van der Waals surface area contributed by atoms with Crippen molar-refractivity contribution in [2.75, 3.05) is 6.54 Å². The van der Waals surface area contributed by atoms with Gasteiger partial charge in [0, 0.05) is 11.0 Å². The van der Waals surface area contributed by atoms with E-state index in [1.165, 1.54) is 89.9 Å². The summed E-state index contributed by atoms with van der Waals surface area (Å²) in [6, 6.07) is 9.16. The van der Waals surface area contributed by atoms with E-state index in [9.17, 15) is 9.90 Å². The molecule has 1 amide bonds. The lowest BCUT2D eigenvalue weighted by Crippen LogP contribution is -2.24. The van der Waals surface area contributed by atoms with Crippen LogP contribution in [-0.4, -0.2) is 17.6 Å². The Morgan fingerprint density at radius 1 is 0.758 bits per heavy atom. The maximum absolute atomic E-state index is 12.6. The zero-order valence-corrected chi connectivity index (χ0v) is 22.2. The second-order valence-electron chi connectivity index (χ2n) is 9.38. The third-order valence-electron chi connectivity index (χ3n) is 6.50.